The highest BCUT2D eigenvalue weighted by Gasteiger charge is 2.29. The van der Waals surface area contributed by atoms with Gasteiger partial charge in [-0.05, 0) is 41.3 Å². The Hall–Kier alpha value is -0.810. The lowest BCUT2D eigenvalue weighted by Gasteiger charge is -2.20. The highest BCUT2D eigenvalue weighted by Crippen LogP contribution is 2.37. The van der Waals surface area contributed by atoms with Gasteiger partial charge < -0.3 is 14.2 Å². The molecule has 3 rings (SSSR count). The van der Waals surface area contributed by atoms with Crippen molar-refractivity contribution in [3.05, 3.63) is 22.4 Å². The first kappa shape index (κ1) is 12.2. The second kappa shape index (κ2) is 5.05. The van der Waals surface area contributed by atoms with Crippen molar-refractivity contribution < 1.29 is 9.53 Å². The molecule has 0 atom stereocenters. The van der Waals surface area contributed by atoms with Crippen LogP contribution in [-0.4, -0.2) is 41.7 Å². The van der Waals surface area contributed by atoms with Crippen LogP contribution in [0.4, 0.5) is 0 Å². The van der Waals surface area contributed by atoms with Crippen LogP contribution in [0, 0.1) is 0 Å². The quantitative estimate of drug-likeness (QED) is 0.840. The Bertz CT molecular complexity index is 446. The minimum atomic E-state index is 0.137. The molecule has 1 aliphatic heterocycles. The molecular formula is C13H17BrN2O2. The third-order valence-corrected chi connectivity index (χ3v) is 3.92. The first-order valence-corrected chi connectivity index (χ1v) is 7.29. The lowest BCUT2D eigenvalue weighted by molar-refractivity contribution is 0.0730. The van der Waals surface area contributed by atoms with Gasteiger partial charge in [0.1, 0.15) is 5.69 Å². The minimum Gasteiger partial charge on any atom is -0.380 e. The molecule has 0 N–H and O–H groups in total. The van der Waals surface area contributed by atoms with E-state index in [9.17, 15) is 4.79 Å². The second-order valence-corrected chi connectivity index (χ2v) is 5.86. The normalized spacial score (nSPS) is 20.8. The van der Waals surface area contributed by atoms with Crippen molar-refractivity contribution in [3.8, 4) is 0 Å². The van der Waals surface area contributed by atoms with Crippen molar-refractivity contribution in [1.29, 1.82) is 0 Å². The average molecular weight is 313 g/mol. The van der Waals surface area contributed by atoms with Crippen LogP contribution in [0.2, 0.25) is 0 Å². The monoisotopic (exact) mass is 312 g/mol. The van der Waals surface area contributed by atoms with E-state index < -0.39 is 0 Å². The van der Waals surface area contributed by atoms with E-state index in [1.807, 2.05) is 17.2 Å². The highest BCUT2D eigenvalue weighted by molar-refractivity contribution is 9.10. The molecule has 18 heavy (non-hydrogen) atoms. The number of nitrogens with zero attached hydrogens (tertiary/aromatic N) is 2. The zero-order chi connectivity index (χ0) is 12.5. The molecule has 5 heteroatoms. The number of halogens is 1. The summed E-state index contributed by atoms with van der Waals surface area (Å²) in [6.45, 7) is 2.91. The fourth-order valence-corrected chi connectivity index (χ4v) is 2.82. The molecule has 1 saturated heterocycles. The topological polar surface area (TPSA) is 34.5 Å². The first-order chi connectivity index (χ1) is 8.75. The van der Waals surface area contributed by atoms with E-state index in [2.05, 4.69) is 20.5 Å². The summed E-state index contributed by atoms with van der Waals surface area (Å²) in [6, 6.07) is 2.46. The number of aromatic nitrogens is 1. The molecule has 98 valence electrons. The Kier molecular flexibility index (Phi) is 3.43. The molecule has 1 amide bonds. The van der Waals surface area contributed by atoms with E-state index in [0.717, 1.165) is 29.7 Å². The van der Waals surface area contributed by atoms with Crippen molar-refractivity contribution in [3.63, 3.8) is 0 Å². The molecule has 0 bridgehead atoms. The predicted octanol–water partition coefficient (Wildman–Crippen LogP) is 2.45. The Morgan fingerprint density at radius 3 is 2.94 bits per heavy atom. The molecule has 1 aromatic heterocycles. The summed E-state index contributed by atoms with van der Waals surface area (Å²) in [4.78, 5) is 14.5. The zero-order valence-corrected chi connectivity index (χ0v) is 11.9. The van der Waals surface area contributed by atoms with E-state index in [1.165, 1.54) is 12.8 Å². The summed E-state index contributed by atoms with van der Waals surface area (Å²) in [5, 5.41) is 0. The van der Waals surface area contributed by atoms with Crippen molar-refractivity contribution in [2.75, 3.05) is 26.3 Å². The number of hydrogen-bond acceptors (Lipinski definition) is 2. The van der Waals surface area contributed by atoms with Crippen molar-refractivity contribution in [2.24, 2.45) is 0 Å². The van der Waals surface area contributed by atoms with Gasteiger partial charge >= 0.3 is 0 Å². The third-order valence-electron chi connectivity index (χ3n) is 3.48. The smallest absolute Gasteiger partial charge is 0.270 e. The van der Waals surface area contributed by atoms with E-state index in [1.54, 1.807) is 0 Å². The van der Waals surface area contributed by atoms with Gasteiger partial charge in [0.05, 0.1) is 6.61 Å². The number of ether oxygens (including phenoxy) is 1. The second-order valence-electron chi connectivity index (χ2n) is 4.94. The van der Waals surface area contributed by atoms with Gasteiger partial charge in [-0.25, -0.2) is 0 Å². The molecule has 2 aliphatic rings. The number of rotatable bonds is 2. The molecule has 0 spiro atoms. The molecule has 1 aliphatic carbocycles. The summed E-state index contributed by atoms with van der Waals surface area (Å²) in [7, 11) is 0. The molecular weight excluding hydrogens is 296 g/mol. The molecule has 2 heterocycles. The molecule has 0 unspecified atom stereocenters. The fourth-order valence-electron chi connectivity index (χ4n) is 2.38. The maximum atomic E-state index is 12.5. The summed E-state index contributed by atoms with van der Waals surface area (Å²) in [5.41, 5.74) is 0.811. The summed E-state index contributed by atoms with van der Waals surface area (Å²) in [6.07, 6.45) is 5.32. The van der Waals surface area contributed by atoms with Crippen LogP contribution in [0.15, 0.2) is 16.7 Å². The van der Waals surface area contributed by atoms with Crippen LogP contribution in [0.5, 0.6) is 0 Å². The van der Waals surface area contributed by atoms with Crippen LogP contribution >= 0.6 is 15.9 Å². The van der Waals surface area contributed by atoms with E-state index in [4.69, 9.17) is 4.74 Å². The molecule has 0 aromatic carbocycles. The summed E-state index contributed by atoms with van der Waals surface area (Å²) >= 11 is 3.47. The predicted molar refractivity (Wildman–Crippen MR) is 71.7 cm³/mol. The van der Waals surface area contributed by atoms with E-state index in [-0.39, 0.29) is 5.91 Å². The van der Waals surface area contributed by atoms with Gasteiger partial charge in [-0.3, -0.25) is 4.79 Å². The van der Waals surface area contributed by atoms with Crippen molar-refractivity contribution in [2.45, 2.75) is 25.3 Å². The Morgan fingerprint density at radius 2 is 2.17 bits per heavy atom. The SMILES string of the molecule is O=C(c1cc(Br)cn1C1CC1)N1CCCOCC1. The van der Waals surface area contributed by atoms with Crippen molar-refractivity contribution >= 4 is 21.8 Å². The summed E-state index contributed by atoms with van der Waals surface area (Å²) < 4.78 is 8.51. The average Bonchev–Trinajstić information content (AvgIpc) is 3.16. The van der Waals surface area contributed by atoms with Gasteiger partial charge in [0, 0.05) is 36.4 Å². The number of carbonyl (C=O) groups is 1. The Morgan fingerprint density at radius 1 is 1.33 bits per heavy atom. The van der Waals surface area contributed by atoms with Gasteiger partial charge in [0.15, 0.2) is 0 Å². The van der Waals surface area contributed by atoms with Gasteiger partial charge in [-0.1, -0.05) is 0 Å². The van der Waals surface area contributed by atoms with E-state index in [0.29, 0.717) is 19.2 Å². The standard InChI is InChI=1S/C13H17BrN2O2/c14-10-8-12(16(9-10)11-2-3-11)13(17)15-4-1-6-18-7-5-15/h8-9,11H,1-7H2. The van der Waals surface area contributed by atoms with Crippen LogP contribution < -0.4 is 0 Å². The van der Waals surface area contributed by atoms with Gasteiger partial charge in [-0.2, -0.15) is 0 Å². The van der Waals surface area contributed by atoms with Crippen LogP contribution in [0.3, 0.4) is 0 Å². The van der Waals surface area contributed by atoms with Crippen LogP contribution in [0.25, 0.3) is 0 Å². The summed E-state index contributed by atoms with van der Waals surface area (Å²) in [5.74, 6) is 0.137. The fraction of sp³-hybridized carbons (Fsp3) is 0.615. The number of hydrogen-bond donors (Lipinski definition) is 0. The Labute approximate surface area is 115 Å². The minimum absolute atomic E-state index is 0.137. The molecule has 1 saturated carbocycles. The van der Waals surface area contributed by atoms with Crippen LogP contribution in [0.1, 0.15) is 35.8 Å². The van der Waals surface area contributed by atoms with E-state index >= 15 is 0 Å². The zero-order valence-electron chi connectivity index (χ0n) is 10.3. The lowest BCUT2D eigenvalue weighted by atomic mass is 10.3. The van der Waals surface area contributed by atoms with Gasteiger partial charge in [0.25, 0.3) is 5.91 Å². The van der Waals surface area contributed by atoms with Crippen molar-refractivity contribution in [1.82, 2.24) is 9.47 Å². The molecule has 2 fully saturated rings. The maximum Gasteiger partial charge on any atom is 0.270 e. The molecule has 0 radical (unpaired) electrons. The first-order valence-electron chi connectivity index (χ1n) is 6.50. The number of carbonyl (C=O) groups excluding carboxylic acids is 1. The highest BCUT2D eigenvalue weighted by atomic mass is 79.9. The van der Waals surface area contributed by atoms with Crippen LogP contribution in [-0.2, 0) is 4.74 Å². The van der Waals surface area contributed by atoms with Gasteiger partial charge in [0.2, 0.25) is 0 Å². The lowest BCUT2D eigenvalue weighted by Crippen LogP contribution is -2.34. The number of amides is 1. The Balaban J connectivity index is 1.82. The molecule has 1 aromatic rings. The maximum absolute atomic E-state index is 12.5. The third kappa shape index (κ3) is 2.47. The molecule has 4 nitrogen and oxygen atoms in total. The largest absolute Gasteiger partial charge is 0.380 e. The van der Waals surface area contributed by atoms with Gasteiger partial charge in [-0.15, -0.1) is 0 Å².